The zero-order chi connectivity index (χ0) is 14.7. The fourth-order valence-electron chi connectivity index (χ4n) is 2.56. The van der Waals surface area contributed by atoms with Crippen LogP contribution in [0.1, 0.15) is 6.92 Å². The number of hydrogen-bond donors (Lipinski definition) is 0. The number of rotatable bonds is 2. The summed E-state index contributed by atoms with van der Waals surface area (Å²) in [5.41, 5.74) is 1.00. The molecule has 2 aromatic rings. The van der Waals surface area contributed by atoms with Crippen LogP contribution in [-0.2, 0) is 4.74 Å². The number of carbonyl (C=O) groups is 1. The maximum absolute atomic E-state index is 11.7. The molecule has 1 aliphatic heterocycles. The van der Waals surface area contributed by atoms with E-state index in [9.17, 15) is 4.79 Å². The van der Waals surface area contributed by atoms with Gasteiger partial charge in [-0.15, -0.1) is 0 Å². The number of ether oxygens (including phenoxy) is 1. The van der Waals surface area contributed by atoms with Crippen molar-refractivity contribution in [2.45, 2.75) is 6.92 Å². The fraction of sp³-hybridized carbons (Fsp3) is 0.375. The van der Waals surface area contributed by atoms with E-state index in [4.69, 9.17) is 9.72 Å². The molecule has 0 atom stereocenters. The first-order chi connectivity index (χ1) is 10.3. The predicted octanol–water partition coefficient (Wildman–Crippen LogP) is 2.51. The average molecular weight is 285 g/mol. The van der Waals surface area contributed by atoms with Gasteiger partial charge < -0.3 is 14.5 Å². The van der Waals surface area contributed by atoms with Crippen molar-refractivity contribution in [1.82, 2.24) is 9.88 Å². The zero-order valence-electron chi connectivity index (χ0n) is 12.2. The molecule has 1 saturated heterocycles. The van der Waals surface area contributed by atoms with Crippen LogP contribution >= 0.6 is 0 Å². The molecule has 0 unspecified atom stereocenters. The lowest BCUT2D eigenvalue weighted by Crippen LogP contribution is -2.49. The van der Waals surface area contributed by atoms with Crippen LogP contribution in [0.25, 0.3) is 10.9 Å². The van der Waals surface area contributed by atoms with Crippen molar-refractivity contribution in [3.05, 3.63) is 36.4 Å². The number of piperazine rings is 1. The van der Waals surface area contributed by atoms with E-state index in [1.165, 1.54) is 0 Å². The fourth-order valence-corrected chi connectivity index (χ4v) is 2.56. The Morgan fingerprint density at radius 3 is 2.67 bits per heavy atom. The maximum atomic E-state index is 11.7. The Morgan fingerprint density at radius 1 is 1.14 bits per heavy atom. The number of fused-ring (bicyclic) bond motifs is 1. The number of anilines is 1. The van der Waals surface area contributed by atoms with Gasteiger partial charge in [0.15, 0.2) is 0 Å². The predicted molar refractivity (Wildman–Crippen MR) is 82.6 cm³/mol. The second-order valence-corrected chi connectivity index (χ2v) is 5.04. The molecule has 2 heterocycles. The number of pyridine rings is 1. The summed E-state index contributed by atoms with van der Waals surface area (Å²) < 4.78 is 5.03. The molecule has 0 bridgehead atoms. The standard InChI is InChI=1S/C16H19N3O2/c1-2-21-16(20)19-11-9-18(10-12-19)15-8-7-13-5-3-4-6-14(13)17-15/h3-8H,2,9-12H2,1H3. The molecule has 3 rings (SSSR count). The number of aromatic nitrogens is 1. The van der Waals surface area contributed by atoms with Gasteiger partial charge in [0, 0.05) is 31.6 Å². The highest BCUT2D eigenvalue weighted by atomic mass is 16.6. The van der Waals surface area contributed by atoms with Crippen LogP contribution < -0.4 is 4.90 Å². The van der Waals surface area contributed by atoms with E-state index < -0.39 is 0 Å². The number of benzene rings is 1. The van der Waals surface area contributed by atoms with Crippen molar-refractivity contribution in [3.8, 4) is 0 Å². The monoisotopic (exact) mass is 285 g/mol. The molecule has 5 heteroatoms. The van der Waals surface area contributed by atoms with E-state index in [2.05, 4.69) is 17.0 Å². The lowest BCUT2D eigenvalue weighted by Gasteiger charge is -2.34. The number of carbonyl (C=O) groups excluding carboxylic acids is 1. The first-order valence-electron chi connectivity index (χ1n) is 7.30. The molecule has 0 aliphatic carbocycles. The summed E-state index contributed by atoms with van der Waals surface area (Å²) in [7, 11) is 0. The molecule has 21 heavy (non-hydrogen) atoms. The van der Waals surface area contributed by atoms with Gasteiger partial charge in [-0.05, 0) is 25.1 Å². The number of nitrogens with zero attached hydrogens (tertiary/aromatic N) is 3. The van der Waals surface area contributed by atoms with Crippen LogP contribution in [0.3, 0.4) is 0 Å². The number of hydrogen-bond acceptors (Lipinski definition) is 4. The minimum Gasteiger partial charge on any atom is -0.450 e. The molecule has 110 valence electrons. The van der Waals surface area contributed by atoms with E-state index in [0.29, 0.717) is 19.7 Å². The quantitative estimate of drug-likeness (QED) is 0.850. The Bertz CT molecular complexity index is 636. The first kappa shape index (κ1) is 13.7. The smallest absolute Gasteiger partial charge is 0.409 e. The highest BCUT2D eigenvalue weighted by molar-refractivity contribution is 5.80. The van der Waals surface area contributed by atoms with Crippen LogP contribution in [0.2, 0.25) is 0 Å². The van der Waals surface area contributed by atoms with Gasteiger partial charge in [-0.25, -0.2) is 9.78 Å². The summed E-state index contributed by atoms with van der Waals surface area (Å²) in [5, 5.41) is 1.14. The van der Waals surface area contributed by atoms with E-state index in [1.807, 2.05) is 31.2 Å². The van der Waals surface area contributed by atoms with Gasteiger partial charge in [0.05, 0.1) is 12.1 Å². The third kappa shape index (κ3) is 2.91. The second kappa shape index (κ2) is 5.99. The van der Waals surface area contributed by atoms with Gasteiger partial charge in [-0.2, -0.15) is 0 Å². The molecule has 1 aromatic heterocycles. The van der Waals surface area contributed by atoms with Crippen LogP contribution in [0.4, 0.5) is 10.6 Å². The Morgan fingerprint density at radius 2 is 1.90 bits per heavy atom. The molecule has 5 nitrogen and oxygen atoms in total. The van der Waals surface area contributed by atoms with E-state index >= 15 is 0 Å². The van der Waals surface area contributed by atoms with Gasteiger partial charge in [-0.1, -0.05) is 18.2 Å². The van der Waals surface area contributed by atoms with E-state index in [0.717, 1.165) is 29.8 Å². The van der Waals surface area contributed by atoms with Crippen molar-refractivity contribution in [1.29, 1.82) is 0 Å². The lowest BCUT2D eigenvalue weighted by atomic mass is 10.2. The Balaban J connectivity index is 1.69. The van der Waals surface area contributed by atoms with Crippen molar-refractivity contribution in [3.63, 3.8) is 0 Å². The van der Waals surface area contributed by atoms with Crippen LogP contribution in [0.5, 0.6) is 0 Å². The number of amides is 1. The summed E-state index contributed by atoms with van der Waals surface area (Å²) in [5.74, 6) is 0.970. The third-order valence-corrected chi connectivity index (χ3v) is 3.71. The van der Waals surface area contributed by atoms with Crippen LogP contribution in [0.15, 0.2) is 36.4 Å². The molecule has 0 radical (unpaired) electrons. The summed E-state index contributed by atoms with van der Waals surface area (Å²) in [6, 6.07) is 12.2. The van der Waals surface area contributed by atoms with Crippen LogP contribution in [0, 0.1) is 0 Å². The molecular formula is C16H19N3O2. The van der Waals surface area contributed by atoms with E-state index in [1.54, 1.807) is 4.90 Å². The Labute approximate surface area is 124 Å². The Hall–Kier alpha value is -2.30. The Kier molecular flexibility index (Phi) is 3.90. The van der Waals surface area contributed by atoms with Gasteiger partial charge in [0.1, 0.15) is 5.82 Å². The molecule has 1 fully saturated rings. The molecule has 0 saturated carbocycles. The minimum absolute atomic E-state index is 0.219. The minimum atomic E-state index is -0.219. The molecular weight excluding hydrogens is 266 g/mol. The molecule has 1 amide bonds. The highest BCUT2D eigenvalue weighted by Crippen LogP contribution is 2.19. The topological polar surface area (TPSA) is 45.7 Å². The lowest BCUT2D eigenvalue weighted by molar-refractivity contribution is 0.105. The molecule has 0 spiro atoms. The average Bonchev–Trinajstić information content (AvgIpc) is 2.55. The van der Waals surface area contributed by atoms with Crippen molar-refractivity contribution in [2.24, 2.45) is 0 Å². The van der Waals surface area contributed by atoms with Crippen molar-refractivity contribution in [2.75, 3.05) is 37.7 Å². The largest absolute Gasteiger partial charge is 0.450 e. The van der Waals surface area contributed by atoms with Gasteiger partial charge in [-0.3, -0.25) is 0 Å². The molecule has 1 aromatic carbocycles. The van der Waals surface area contributed by atoms with Gasteiger partial charge in [0.2, 0.25) is 0 Å². The molecule has 0 N–H and O–H groups in total. The van der Waals surface area contributed by atoms with E-state index in [-0.39, 0.29) is 6.09 Å². The first-order valence-corrected chi connectivity index (χ1v) is 7.30. The summed E-state index contributed by atoms with van der Waals surface area (Å²) >= 11 is 0. The van der Waals surface area contributed by atoms with Crippen LogP contribution in [-0.4, -0.2) is 48.8 Å². The summed E-state index contributed by atoms with van der Waals surface area (Å²) in [6.45, 7) is 5.16. The summed E-state index contributed by atoms with van der Waals surface area (Å²) in [4.78, 5) is 20.3. The second-order valence-electron chi connectivity index (χ2n) is 5.04. The van der Waals surface area contributed by atoms with Crippen molar-refractivity contribution >= 4 is 22.8 Å². The summed E-state index contributed by atoms with van der Waals surface area (Å²) in [6.07, 6.45) is -0.219. The SMILES string of the molecule is CCOC(=O)N1CCN(c2ccc3ccccc3n2)CC1. The van der Waals surface area contributed by atoms with Gasteiger partial charge in [0.25, 0.3) is 0 Å². The van der Waals surface area contributed by atoms with Crippen molar-refractivity contribution < 1.29 is 9.53 Å². The zero-order valence-corrected chi connectivity index (χ0v) is 12.2. The third-order valence-electron chi connectivity index (χ3n) is 3.71. The highest BCUT2D eigenvalue weighted by Gasteiger charge is 2.22. The normalized spacial score (nSPS) is 15.3. The number of para-hydroxylation sites is 1. The maximum Gasteiger partial charge on any atom is 0.409 e. The van der Waals surface area contributed by atoms with Gasteiger partial charge >= 0.3 is 6.09 Å². The molecule has 1 aliphatic rings.